The Bertz CT molecular complexity index is 180. The first-order chi connectivity index (χ1) is 7.34. The molecule has 88 valence electrons. The second kappa shape index (κ2) is 5.83. The fourth-order valence-corrected chi connectivity index (χ4v) is 2.58. The van der Waals surface area contributed by atoms with Gasteiger partial charge in [-0.15, -0.1) is 0 Å². The summed E-state index contributed by atoms with van der Waals surface area (Å²) in [7, 11) is 0. The van der Waals surface area contributed by atoms with Crippen molar-refractivity contribution in [1.29, 1.82) is 0 Å². The van der Waals surface area contributed by atoms with E-state index in [1.54, 1.807) is 0 Å². The van der Waals surface area contributed by atoms with Crippen molar-refractivity contribution in [2.45, 2.75) is 32.2 Å². The molecule has 2 heterocycles. The van der Waals surface area contributed by atoms with Crippen molar-refractivity contribution < 1.29 is 4.74 Å². The van der Waals surface area contributed by atoms with Crippen LogP contribution in [0.5, 0.6) is 0 Å². The van der Waals surface area contributed by atoms with Crippen molar-refractivity contribution in [2.75, 3.05) is 32.8 Å². The van der Waals surface area contributed by atoms with E-state index < -0.39 is 0 Å². The number of rotatable bonds is 4. The maximum atomic E-state index is 5.36. The van der Waals surface area contributed by atoms with E-state index in [2.05, 4.69) is 17.6 Å². The molecule has 15 heavy (non-hydrogen) atoms. The van der Waals surface area contributed by atoms with Crippen molar-refractivity contribution >= 4 is 0 Å². The molecule has 0 spiro atoms. The Balaban J connectivity index is 1.56. The minimum Gasteiger partial charge on any atom is -0.381 e. The molecule has 2 saturated heterocycles. The van der Waals surface area contributed by atoms with Crippen LogP contribution in [0.3, 0.4) is 0 Å². The molecule has 2 rings (SSSR count). The van der Waals surface area contributed by atoms with Crippen LogP contribution in [0.25, 0.3) is 0 Å². The summed E-state index contributed by atoms with van der Waals surface area (Å²) in [5.74, 6) is 1.65. The second-order valence-corrected chi connectivity index (χ2v) is 5.17. The lowest BCUT2D eigenvalue weighted by Crippen LogP contribution is -2.44. The Morgan fingerprint density at radius 1 is 1.33 bits per heavy atom. The molecule has 0 bridgehead atoms. The number of nitrogens with one attached hydrogen (secondary N) is 2. The number of hydrogen-bond donors (Lipinski definition) is 2. The van der Waals surface area contributed by atoms with Crippen LogP contribution in [0.15, 0.2) is 0 Å². The lowest BCUT2D eigenvalue weighted by molar-refractivity contribution is 0.184. The molecule has 3 unspecified atom stereocenters. The van der Waals surface area contributed by atoms with Gasteiger partial charge in [-0.3, -0.25) is 0 Å². The Labute approximate surface area is 93.0 Å². The summed E-state index contributed by atoms with van der Waals surface area (Å²) in [4.78, 5) is 0. The largest absolute Gasteiger partial charge is 0.381 e. The maximum absolute atomic E-state index is 5.36. The zero-order chi connectivity index (χ0) is 10.5. The van der Waals surface area contributed by atoms with Gasteiger partial charge < -0.3 is 15.4 Å². The van der Waals surface area contributed by atoms with Gasteiger partial charge in [0, 0.05) is 25.7 Å². The smallest absolute Gasteiger partial charge is 0.0507 e. The van der Waals surface area contributed by atoms with Gasteiger partial charge in [-0.2, -0.15) is 0 Å². The summed E-state index contributed by atoms with van der Waals surface area (Å²) in [6.45, 7) is 7.73. The van der Waals surface area contributed by atoms with Crippen molar-refractivity contribution in [3.63, 3.8) is 0 Å². The molecule has 0 aromatic rings. The van der Waals surface area contributed by atoms with Gasteiger partial charge in [-0.05, 0) is 37.6 Å². The van der Waals surface area contributed by atoms with Crippen LogP contribution >= 0.6 is 0 Å². The van der Waals surface area contributed by atoms with Crippen LogP contribution in [0.4, 0.5) is 0 Å². The Kier molecular flexibility index (Phi) is 4.42. The highest BCUT2D eigenvalue weighted by Gasteiger charge is 2.19. The molecule has 2 N–H and O–H groups in total. The molecule has 2 aliphatic rings. The first-order valence-electron chi connectivity index (χ1n) is 6.36. The fourth-order valence-electron chi connectivity index (χ4n) is 2.58. The number of ether oxygens (including phenoxy) is 1. The molecule has 3 atom stereocenters. The number of piperidine rings is 1. The van der Waals surface area contributed by atoms with Crippen LogP contribution in [0.2, 0.25) is 0 Å². The highest BCUT2D eigenvalue weighted by atomic mass is 16.5. The van der Waals surface area contributed by atoms with E-state index >= 15 is 0 Å². The van der Waals surface area contributed by atoms with Gasteiger partial charge in [-0.1, -0.05) is 6.92 Å². The van der Waals surface area contributed by atoms with E-state index in [0.717, 1.165) is 38.1 Å². The van der Waals surface area contributed by atoms with Crippen LogP contribution in [0.1, 0.15) is 26.2 Å². The molecule has 0 radical (unpaired) electrons. The zero-order valence-electron chi connectivity index (χ0n) is 9.80. The van der Waals surface area contributed by atoms with Gasteiger partial charge in [0.1, 0.15) is 0 Å². The summed E-state index contributed by atoms with van der Waals surface area (Å²) < 4.78 is 5.36. The molecule has 3 nitrogen and oxygen atoms in total. The molecule has 2 fully saturated rings. The first kappa shape index (κ1) is 11.4. The fraction of sp³-hybridized carbons (Fsp3) is 1.00. The van der Waals surface area contributed by atoms with E-state index in [0.29, 0.717) is 6.04 Å². The third-order valence-electron chi connectivity index (χ3n) is 3.60. The maximum Gasteiger partial charge on any atom is 0.0507 e. The van der Waals surface area contributed by atoms with Gasteiger partial charge in [0.2, 0.25) is 0 Å². The van der Waals surface area contributed by atoms with Gasteiger partial charge >= 0.3 is 0 Å². The molecule has 3 heteroatoms. The van der Waals surface area contributed by atoms with E-state index in [-0.39, 0.29) is 0 Å². The first-order valence-corrected chi connectivity index (χ1v) is 6.36. The topological polar surface area (TPSA) is 33.3 Å². The second-order valence-electron chi connectivity index (χ2n) is 5.17. The molecule has 2 aliphatic heterocycles. The van der Waals surface area contributed by atoms with Crippen LogP contribution < -0.4 is 10.6 Å². The van der Waals surface area contributed by atoms with Crippen LogP contribution in [-0.4, -0.2) is 38.9 Å². The lowest BCUT2D eigenvalue weighted by atomic mass is 9.94. The van der Waals surface area contributed by atoms with E-state index in [1.165, 1.54) is 25.8 Å². The molecule has 0 aliphatic carbocycles. The Morgan fingerprint density at radius 3 is 3.00 bits per heavy atom. The van der Waals surface area contributed by atoms with Crippen molar-refractivity contribution in [3.05, 3.63) is 0 Å². The minimum atomic E-state index is 0.691. The lowest BCUT2D eigenvalue weighted by Gasteiger charge is -2.28. The van der Waals surface area contributed by atoms with Crippen molar-refractivity contribution in [3.8, 4) is 0 Å². The van der Waals surface area contributed by atoms with Gasteiger partial charge in [0.25, 0.3) is 0 Å². The Hall–Kier alpha value is -0.120. The van der Waals surface area contributed by atoms with Crippen molar-refractivity contribution in [2.24, 2.45) is 11.8 Å². The summed E-state index contributed by atoms with van der Waals surface area (Å²) >= 11 is 0. The summed E-state index contributed by atoms with van der Waals surface area (Å²) in [5, 5.41) is 7.16. The SMILES string of the molecule is CC1CCNC(CNCC2CCOC2)C1. The summed E-state index contributed by atoms with van der Waals surface area (Å²) in [5.41, 5.74) is 0. The molecule has 0 aromatic carbocycles. The standard InChI is InChI=1S/C12H24N2O/c1-10-2-4-14-12(6-10)8-13-7-11-3-5-15-9-11/h10-14H,2-9H2,1H3. The molecule has 0 amide bonds. The summed E-state index contributed by atoms with van der Waals surface area (Å²) in [6, 6.07) is 0.691. The zero-order valence-corrected chi connectivity index (χ0v) is 9.80. The monoisotopic (exact) mass is 212 g/mol. The average Bonchev–Trinajstić information content (AvgIpc) is 2.71. The molecule has 0 aromatic heterocycles. The third kappa shape index (κ3) is 3.74. The van der Waals surface area contributed by atoms with E-state index in [4.69, 9.17) is 4.74 Å². The predicted octanol–water partition coefficient (Wildman–Crippen LogP) is 1.00. The highest BCUT2D eigenvalue weighted by Crippen LogP contribution is 2.15. The van der Waals surface area contributed by atoms with Crippen LogP contribution in [-0.2, 0) is 4.74 Å². The number of hydrogen-bond acceptors (Lipinski definition) is 3. The van der Waals surface area contributed by atoms with Crippen LogP contribution in [0, 0.1) is 11.8 Å². The van der Waals surface area contributed by atoms with E-state index in [9.17, 15) is 0 Å². The van der Waals surface area contributed by atoms with Crippen molar-refractivity contribution in [1.82, 2.24) is 10.6 Å². The molecular weight excluding hydrogens is 188 g/mol. The average molecular weight is 212 g/mol. The van der Waals surface area contributed by atoms with Gasteiger partial charge in [0.05, 0.1) is 6.61 Å². The quantitative estimate of drug-likeness (QED) is 0.729. The molecular formula is C12H24N2O. The normalized spacial score (nSPS) is 37.0. The highest BCUT2D eigenvalue weighted by molar-refractivity contribution is 4.78. The third-order valence-corrected chi connectivity index (χ3v) is 3.60. The predicted molar refractivity (Wildman–Crippen MR) is 62.0 cm³/mol. The minimum absolute atomic E-state index is 0.691. The molecule has 0 saturated carbocycles. The van der Waals surface area contributed by atoms with E-state index in [1.807, 2.05) is 0 Å². The Morgan fingerprint density at radius 2 is 2.27 bits per heavy atom. The van der Waals surface area contributed by atoms with Gasteiger partial charge in [0.15, 0.2) is 0 Å². The van der Waals surface area contributed by atoms with Gasteiger partial charge in [-0.25, -0.2) is 0 Å². The summed E-state index contributed by atoms with van der Waals surface area (Å²) in [6.07, 6.45) is 3.91.